The van der Waals surface area contributed by atoms with Gasteiger partial charge in [-0.3, -0.25) is 4.79 Å². The van der Waals surface area contributed by atoms with Gasteiger partial charge in [0.25, 0.3) is 18.3 Å². The van der Waals surface area contributed by atoms with E-state index in [9.17, 15) is 13.6 Å². The maximum Gasteiger partial charge on any atom is 0.295 e. The van der Waals surface area contributed by atoms with E-state index in [-0.39, 0.29) is 11.0 Å². The molecule has 3 heterocycles. The highest BCUT2D eigenvalue weighted by atomic mass is 19.3. The first-order valence-corrected chi connectivity index (χ1v) is 9.19. The molecule has 4 rings (SSSR count). The van der Waals surface area contributed by atoms with E-state index in [1.54, 1.807) is 24.5 Å². The van der Waals surface area contributed by atoms with E-state index in [0.717, 1.165) is 5.69 Å². The molecule has 1 amide bonds. The zero-order chi connectivity index (χ0) is 21.5. The largest absolute Gasteiger partial charge is 0.337 e. The molecule has 0 aliphatic carbocycles. The van der Waals surface area contributed by atoms with Gasteiger partial charge in [-0.1, -0.05) is 20.8 Å². The maximum atomic E-state index is 12.9. The van der Waals surface area contributed by atoms with Crippen LogP contribution in [0.1, 0.15) is 49.1 Å². The second kappa shape index (κ2) is 7.29. The number of hydrogen-bond acceptors (Lipinski definition) is 5. The van der Waals surface area contributed by atoms with E-state index in [4.69, 9.17) is 0 Å². The van der Waals surface area contributed by atoms with Crippen molar-refractivity contribution in [3.63, 3.8) is 0 Å². The van der Waals surface area contributed by atoms with E-state index in [1.165, 1.54) is 22.9 Å². The van der Waals surface area contributed by atoms with Crippen LogP contribution in [0.15, 0.2) is 42.7 Å². The van der Waals surface area contributed by atoms with E-state index in [1.807, 2.05) is 20.8 Å². The Morgan fingerprint density at radius 2 is 1.90 bits per heavy atom. The molecule has 0 aliphatic heterocycles. The predicted octanol–water partition coefficient (Wildman–Crippen LogP) is 4.03. The van der Waals surface area contributed by atoms with Crippen LogP contribution in [-0.2, 0) is 5.41 Å². The number of alkyl halides is 2. The van der Waals surface area contributed by atoms with Gasteiger partial charge < -0.3 is 10.3 Å². The third-order valence-electron chi connectivity index (χ3n) is 4.43. The van der Waals surface area contributed by atoms with Crippen LogP contribution in [-0.4, -0.2) is 35.6 Å². The minimum absolute atomic E-state index is 0.264. The summed E-state index contributed by atoms with van der Waals surface area (Å²) in [6, 6.07) is 7.97. The van der Waals surface area contributed by atoms with Gasteiger partial charge >= 0.3 is 0 Å². The number of aromatic amines is 1. The van der Waals surface area contributed by atoms with Crippen LogP contribution >= 0.6 is 0 Å². The molecule has 0 saturated heterocycles. The molecule has 0 spiro atoms. The van der Waals surface area contributed by atoms with Crippen LogP contribution in [0.2, 0.25) is 0 Å². The molecule has 30 heavy (non-hydrogen) atoms. The zero-order valence-electron chi connectivity index (χ0n) is 16.5. The number of carbonyl (C=O) groups is 1. The number of anilines is 1. The van der Waals surface area contributed by atoms with Gasteiger partial charge in [0.1, 0.15) is 5.82 Å². The summed E-state index contributed by atoms with van der Waals surface area (Å²) < 4.78 is 27.2. The lowest BCUT2D eigenvalue weighted by molar-refractivity contribution is 0.102. The molecule has 0 fully saturated rings. The minimum atomic E-state index is -2.72. The van der Waals surface area contributed by atoms with E-state index < -0.39 is 18.2 Å². The molecule has 0 saturated carbocycles. The Balaban J connectivity index is 1.69. The SMILES string of the molecule is CC(C)(C)c1cc(NC(=O)c2ccc3nc(C(F)F)[nH]c3c2)n(-c2ncccn2)n1. The number of amides is 1. The fraction of sp³-hybridized carbons (Fsp3) is 0.250. The van der Waals surface area contributed by atoms with Crippen LogP contribution in [0.3, 0.4) is 0 Å². The van der Waals surface area contributed by atoms with Gasteiger partial charge in [0.15, 0.2) is 5.82 Å². The Kier molecular flexibility index (Phi) is 4.76. The summed E-state index contributed by atoms with van der Waals surface area (Å²) in [6.45, 7) is 6.01. The number of fused-ring (bicyclic) bond motifs is 1. The maximum absolute atomic E-state index is 12.9. The van der Waals surface area contributed by atoms with Crippen molar-refractivity contribution < 1.29 is 13.6 Å². The molecule has 10 heteroatoms. The van der Waals surface area contributed by atoms with Gasteiger partial charge in [-0.15, -0.1) is 0 Å². The van der Waals surface area contributed by atoms with Crippen molar-refractivity contribution in [1.82, 2.24) is 29.7 Å². The molecule has 1 aromatic carbocycles. The number of nitrogens with zero attached hydrogens (tertiary/aromatic N) is 5. The van der Waals surface area contributed by atoms with Crippen LogP contribution in [0, 0.1) is 0 Å². The summed E-state index contributed by atoms with van der Waals surface area (Å²) in [5.74, 6) is -0.151. The molecular weight excluding hydrogens is 392 g/mol. The number of hydrogen-bond donors (Lipinski definition) is 2. The molecule has 0 bridgehead atoms. The first-order chi connectivity index (χ1) is 14.2. The quantitative estimate of drug-likeness (QED) is 0.528. The smallest absolute Gasteiger partial charge is 0.295 e. The third-order valence-corrected chi connectivity index (χ3v) is 4.43. The highest BCUT2D eigenvalue weighted by Crippen LogP contribution is 2.26. The van der Waals surface area contributed by atoms with Crippen molar-refractivity contribution in [3.8, 4) is 5.95 Å². The van der Waals surface area contributed by atoms with Crippen LogP contribution < -0.4 is 5.32 Å². The Labute approximate surface area is 170 Å². The Hall–Kier alpha value is -3.69. The fourth-order valence-electron chi connectivity index (χ4n) is 2.85. The lowest BCUT2D eigenvalue weighted by Crippen LogP contribution is -2.16. The van der Waals surface area contributed by atoms with Gasteiger partial charge in [-0.25, -0.2) is 23.7 Å². The van der Waals surface area contributed by atoms with Gasteiger partial charge in [0.2, 0.25) is 0 Å². The monoisotopic (exact) mass is 411 g/mol. The molecule has 0 atom stereocenters. The number of H-pyrrole nitrogens is 1. The molecule has 4 aromatic rings. The number of imidazole rings is 1. The number of halogens is 2. The average molecular weight is 411 g/mol. The molecule has 0 unspecified atom stereocenters. The predicted molar refractivity (Wildman–Crippen MR) is 107 cm³/mol. The number of nitrogens with one attached hydrogen (secondary N) is 2. The second-order valence-corrected chi connectivity index (χ2v) is 7.73. The van der Waals surface area contributed by atoms with E-state index in [2.05, 4.69) is 30.4 Å². The van der Waals surface area contributed by atoms with Crippen molar-refractivity contribution >= 4 is 22.8 Å². The standard InChI is InChI=1S/C20H19F2N7O/c1-20(2,3)14-10-15(29(28-14)19-23-7-4-8-24-19)27-18(30)11-5-6-12-13(9-11)26-17(25-12)16(21)22/h4-10,16H,1-3H3,(H,25,26)(H,27,30). The normalized spacial score (nSPS) is 11.9. The van der Waals surface area contributed by atoms with Crippen LogP contribution in [0.25, 0.3) is 17.0 Å². The molecular formula is C20H19F2N7O. The highest BCUT2D eigenvalue weighted by molar-refractivity contribution is 6.05. The van der Waals surface area contributed by atoms with Crippen molar-refractivity contribution in [2.75, 3.05) is 5.32 Å². The van der Waals surface area contributed by atoms with Gasteiger partial charge in [0, 0.05) is 29.4 Å². The van der Waals surface area contributed by atoms with Crippen LogP contribution in [0.4, 0.5) is 14.6 Å². The summed E-state index contributed by atoms with van der Waals surface area (Å²) in [5, 5.41) is 7.36. The summed E-state index contributed by atoms with van der Waals surface area (Å²) in [7, 11) is 0. The molecule has 8 nitrogen and oxygen atoms in total. The topological polar surface area (TPSA) is 101 Å². The Morgan fingerprint density at radius 1 is 1.17 bits per heavy atom. The number of carbonyl (C=O) groups excluding carboxylic acids is 1. The Morgan fingerprint density at radius 3 is 2.57 bits per heavy atom. The minimum Gasteiger partial charge on any atom is -0.337 e. The summed E-state index contributed by atoms with van der Waals surface area (Å²) in [4.78, 5) is 27.6. The zero-order valence-corrected chi connectivity index (χ0v) is 16.5. The average Bonchev–Trinajstić information content (AvgIpc) is 3.32. The fourth-order valence-corrected chi connectivity index (χ4v) is 2.85. The number of aromatic nitrogens is 6. The summed E-state index contributed by atoms with van der Waals surface area (Å²) in [5.41, 5.74) is 1.48. The van der Waals surface area contributed by atoms with Gasteiger partial charge in [0.05, 0.1) is 16.7 Å². The highest BCUT2D eigenvalue weighted by Gasteiger charge is 2.23. The molecule has 3 aromatic heterocycles. The second-order valence-electron chi connectivity index (χ2n) is 7.73. The van der Waals surface area contributed by atoms with Gasteiger partial charge in [-0.2, -0.15) is 9.78 Å². The van der Waals surface area contributed by atoms with Crippen molar-refractivity contribution in [3.05, 3.63) is 59.8 Å². The van der Waals surface area contributed by atoms with Crippen molar-refractivity contribution in [2.45, 2.75) is 32.6 Å². The molecule has 2 N–H and O–H groups in total. The van der Waals surface area contributed by atoms with Crippen molar-refractivity contribution in [2.24, 2.45) is 0 Å². The summed E-state index contributed by atoms with van der Waals surface area (Å²) in [6.07, 6.45) is 0.448. The molecule has 0 radical (unpaired) electrons. The number of benzene rings is 1. The first kappa shape index (κ1) is 19.6. The van der Waals surface area contributed by atoms with E-state index in [0.29, 0.717) is 22.8 Å². The first-order valence-electron chi connectivity index (χ1n) is 9.19. The van der Waals surface area contributed by atoms with E-state index >= 15 is 0 Å². The van der Waals surface area contributed by atoms with Gasteiger partial charge in [-0.05, 0) is 24.3 Å². The Bertz CT molecular complexity index is 1210. The lowest BCUT2D eigenvalue weighted by Gasteiger charge is -2.13. The molecule has 154 valence electrons. The lowest BCUT2D eigenvalue weighted by atomic mass is 9.92. The summed E-state index contributed by atoms with van der Waals surface area (Å²) >= 11 is 0. The molecule has 0 aliphatic rings. The van der Waals surface area contributed by atoms with Crippen molar-refractivity contribution in [1.29, 1.82) is 0 Å². The third kappa shape index (κ3) is 3.76. The van der Waals surface area contributed by atoms with Crippen LogP contribution in [0.5, 0.6) is 0 Å². The number of rotatable bonds is 4.